The van der Waals surface area contributed by atoms with E-state index >= 15 is 0 Å². The number of carbonyl (C=O) groups is 1. The van der Waals surface area contributed by atoms with Crippen molar-refractivity contribution in [3.8, 4) is 11.5 Å². The van der Waals surface area contributed by atoms with E-state index in [-0.39, 0.29) is 11.5 Å². The smallest absolute Gasteiger partial charge is 0.358 e. The molecule has 0 fully saturated rings. The first-order chi connectivity index (χ1) is 8.74. The first-order valence-corrected chi connectivity index (χ1v) is 5.16. The van der Waals surface area contributed by atoms with Crippen LogP contribution in [0.1, 0.15) is 10.5 Å². The number of fused-ring (bicyclic) bond motifs is 1. The van der Waals surface area contributed by atoms with Gasteiger partial charge in [0.25, 0.3) is 0 Å². The van der Waals surface area contributed by atoms with Crippen LogP contribution in [0, 0.1) is 0 Å². The van der Waals surface area contributed by atoms with Gasteiger partial charge in [-0.15, -0.1) is 0 Å². The van der Waals surface area contributed by atoms with Gasteiger partial charge in [0.15, 0.2) is 11.5 Å². The number of hydrogen-bond acceptors (Lipinski definition) is 5. The number of rotatable bonds is 2. The molecule has 0 saturated carbocycles. The highest BCUT2D eigenvalue weighted by Gasteiger charge is 2.13. The molecule has 6 nitrogen and oxygen atoms in total. The van der Waals surface area contributed by atoms with Crippen molar-refractivity contribution in [1.82, 2.24) is 15.1 Å². The van der Waals surface area contributed by atoms with E-state index in [9.17, 15) is 4.79 Å². The lowest BCUT2D eigenvalue weighted by Gasteiger charge is -1.97. The molecule has 2 aromatic heterocycles. The zero-order valence-corrected chi connectivity index (χ0v) is 9.07. The largest absolute Gasteiger partial charge is 0.476 e. The summed E-state index contributed by atoms with van der Waals surface area (Å²) in [6, 6.07) is 8.70. The Bertz CT molecular complexity index is 736. The second-order valence-electron chi connectivity index (χ2n) is 3.63. The lowest BCUT2D eigenvalue weighted by atomic mass is 10.2. The molecular formula is C12H7N3O3. The second kappa shape index (κ2) is 3.92. The molecule has 3 rings (SSSR count). The monoisotopic (exact) mass is 241 g/mol. The summed E-state index contributed by atoms with van der Waals surface area (Å²) in [5.74, 6) is -0.857. The molecule has 0 amide bonds. The summed E-state index contributed by atoms with van der Waals surface area (Å²) in [5, 5.41) is 12.2. The van der Waals surface area contributed by atoms with Gasteiger partial charge >= 0.3 is 5.97 Å². The number of aromatic nitrogens is 3. The number of benzene rings is 1. The van der Waals surface area contributed by atoms with Gasteiger partial charge in [0, 0.05) is 6.07 Å². The molecule has 0 radical (unpaired) electrons. The molecular weight excluding hydrogens is 234 g/mol. The van der Waals surface area contributed by atoms with Crippen molar-refractivity contribution in [2.45, 2.75) is 0 Å². The fourth-order valence-electron chi connectivity index (χ4n) is 1.57. The highest BCUT2D eigenvalue weighted by molar-refractivity contribution is 5.86. The minimum absolute atomic E-state index is 0.153. The molecule has 1 aromatic carbocycles. The summed E-state index contributed by atoms with van der Waals surface area (Å²) < 4.78 is 4.93. The van der Waals surface area contributed by atoms with Crippen molar-refractivity contribution >= 4 is 17.0 Å². The van der Waals surface area contributed by atoms with Crippen molar-refractivity contribution < 1.29 is 14.4 Å². The molecule has 6 heteroatoms. The van der Waals surface area contributed by atoms with Gasteiger partial charge in [-0.25, -0.2) is 9.78 Å². The minimum atomic E-state index is -1.14. The molecule has 0 unspecified atom stereocenters. The zero-order chi connectivity index (χ0) is 12.5. The summed E-state index contributed by atoms with van der Waals surface area (Å²) in [4.78, 5) is 19.2. The first kappa shape index (κ1) is 10.4. The van der Waals surface area contributed by atoms with Gasteiger partial charge in [0.2, 0.25) is 0 Å². The summed E-state index contributed by atoms with van der Waals surface area (Å²) in [5.41, 5.74) is 1.77. The van der Waals surface area contributed by atoms with Gasteiger partial charge < -0.3 is 9.63 Å². The number of carboxylic acid groups (broad SMARTS) is 1. The van der Waals surface area contributed by atoms with Crippen molar-refractivity contribution in [2.24, 2.45) is 0 Å². The van der Waals surface area contributed by atoms with Crippen LogP contribution in [0.3, 0.4) is 0 Å². The number of nitrogens with zero attached hydrogens (tertiary/aromatic N) is 3. The third-order valence-corrected chi connectivity index (χ3v) is 2.43. The first-order valence-electron chi connectivity index (χ1n) is 5.16. The zero-order valence-electron chi connectivity index (χ0n) is 9.07. The van der Waals surface area contributed by atoms with E-state index in [0.717, 1.165) is 5.52 Å². The van der Waals surface area contributed by atoms with E-state index in [1.165, 1.54) is 12.3 Å². The van der Waals surface area contributed by atoms with E-state index in [0.29, 0.717) is 11.2 Å². The van der Waals surface area contributed by atoms with Gasteiger partial charge in [0.05, 0.1) is 17.2 Å². The van der Waals surface area contributed by atoms with Crippen LogP contribution in [0.5, 0.6) is 0 Å². The Kier molecular flexibility index (Phi) is 2.26. The van der Waals surface area contributed by atoms with Crippen molar-refractivity contribution in [1.29, 1.82) is 0 Å². The molecule has 0 bridgehead atoms. The molecule has 0 spiro atoms. The second-order valence-corrected chi connectivity index (χ2v) is 3.63. The van der Waals surface area contributed by atoms with Crippen LogP contribution >= 0.6 is 0 Å². The topological polar surface area (TPSA) is 89.1 Å². The molecule has 0 saturated heterocycles. The van der Waals surface area contributed by atoms with Gasteiger partial charge in [-0.3, -0.25) is 4.98 Å². The number of aromatic carboxylic acids is 1. The maximum Gasteiger partial charge on any atom is 0.358 e. The van der Waals surface area contributed by atoms with Crippen LogP contribution in [0.15, 0.2) is 41.1 Å². The van der Waals surface area contributed by atoms with E-state index in [4.69, 9.17) is 9.63 Å². The number of hydrogen-bond donors (Lipinski definition) is 1. The molecule has 88 valence electrons. The normalized spacial score (nSPS) is 10.7. The average Bonchev–Trinajstić information content (AvgIpc) is 2.88. The van der Waals surface area contributed by atoms with E-state index in [1.807, 2.05) is 24.3 Å². The Labute approximate surface area is 101 Å². The number of carboxylic acids is 1. The van der Waals surface area contributed by atoms with E-state index in [2.05, 4.69) is 15.1 Å². The SMILES string of the molecule is O=C(O)c1cc(-c2cnc3ccccc3n2)on1. The standard InChI is InChI=1S/C12H7N3O3/c16-12(17)9-5-11(18-15-9)10-6-13-7-3-1-2-4-8(7)14-10/h1-6H,(H,16,17). The lowest BCUT2D eigenvalue weighted by Crippen LogP contribution is -1.94. The van der Waals surface area contributed by atoms with E-state index in [1.54, 1.807) is 0 Å². The van der Waals surface area contributed by atoms with E-state index < -0.39 is 5.97 Å². The summed E-state index contributed by atoms with van der Waals surface area (Å²) >= 11 is 0. The minimum Gasteiger partial charge on any atom is -0.476 e. The van der Waals surface area contributed by atoms with Crippen molar-refractivity contribution in [2.75, 3.05) is 0 Å². The summed E-state index contributed by atoms with van der Waals surface area (Å²) in [7, 11) is 0. The lowest BCUT2D eigenvalue weighted by molar-refractivity contribution is 0.0686. The summed E-state index contributed by atoms with van der Waals surface area (Å²) in [6.07, 6.45) is 1.52. The van der Waals surface area contributed by atoms with Gasteiger partial charge in [-0.1, -0.05) is 17.3 Å². The third-order valence-electron chi connectivity index (χ3n) is 2.43. The maximum absolute atomic E-state index is 10.7. The maximum atomic E-state index is 10.7. The molecule has 0 aliphatic heterocycles. The number of para-hydroxylation sites is 2. The summed E-state index contributed by atoms with van der Waals surface area (Å²) in [6.45, 7) is 0. The van der Waals surface area contributed by atoms with Crippen LogP contribution in [0.4, 0.5) is 0 Å². The molecule has 0 atom stereocenters. The molecule has 0 aliphatic rings. The Balaban J connectivity index is 2.10. The molecule has 18 heavy (non-hydrogen) atoms. The quantitative estimate of drug-likeness (QED) is 0.737. The Morgan fingerprint density at radius 3 is 2.72 bits per heavy atom. The fourth-order valence-corrected chi connectivity index (χ4v) is 1.57. The Morgan fingerprint density at radius 2 is 2.00 bits per heavy atom. The van der Waals surface area contributed by atoms with Crippen LogP contribution in [0.2, 0.25) is 0 Å². The highest BCUT2D eigenvalue weighted by atomic mass is 16.5. The van der Waals surface area contributed by atoms with Gasteiger partial charge in [-0.2, -0.15) is 0 Å². The molecule has 3 aromatic rings. The predicted octanol–water partition coefficient (Wildman–Crippen LogP) is 1.98. The van der Waals surface area contributed by atoms with Crippen LogP contribution < -0.4 is 0 Å². The Morgan fingerprint density at radius 1 is 1.22 bits per heavy atom. The van der Waals surface area contributed by atoms with Crippen molar-refractivity contribution in [3.63, 3.8) is 0 Å². The van der Waals surface area contributed by atoms with Crippen molar-refractivity contribution in [3.05, 3.63) is 42.2 Å². The molecule has 0 aliphatic carbocycles. The van der Waals surface area contributed by atoms with Gasteiger partial charge in [-0.05, 0) is 12.1 Å². The average molecular weight is 241 g/mol. The highest BCUT2D eigenvalue weighted by Crippen LogP contribution is 2.19. The third kappa shape index (κ3) is 1.69. The predicted molar refractivity (Wildman–Crippen MR) is 62.0 cm³/mol. The van der Waals surface area contributed by atoms with Crippen LogP contribution in [-0.2, 0) is 0 Å². The van der Waals surface area contributed by atoms with Crippen LogP contribution in [-0.4, -0.2) is 26.2 Å². The molecule has 1 N–H and O–H groups in total. The molecule has 2 heterocycles. The fraction of sp³-hybridized carbons (Fsp3) is 0. The Hall–Kier alpha value is -2.76. The van der Waals surface area contributed by atoms with Crippen LogP contribution in [0.25, 0.3) is 22.5 Å². The van der Waals surface area contributed by atoms with Gasteiger partial charge in [0.1, 0.15) is 5.69 Å².